The van der Waals surface area contributed by atoms with Gasteiger partial charge in [0.15, 0.2) is 0 Å². The summed E-state index contributed by atoms with van der Waals surface area (Å²) in [6, 6.07) is 3.14. The molecule has 0 radical (unpaired) electrons. The Balaban J connectivity index is 3.28. The average molecular weight is 319 g/mol. The molecule has 1 aromatic heterocycles. The molecular formula is C11H9BrF2N2O2. The highest BCUT2D eigenvalue weighted by Gasteiger charge is 2.20. The predicted octanol–water partition coefficient (Wildman–Crippen LogP) is 2.50. The monoisotopic (exact) mass is 318 g/mol. The molecule has 0 aromatic carbocycles. The number of nitriles is 1. The molecule has 0 aliphatic heterocycles. The van der Waals surface area contributed by atoms with Crippen LogP contribution >= 0.6 is 15.9 Å². The summed E-state index contributed by atoms with van der Waals surface area (Å²) in [6.07, 6.45) is -3.07. The third-order valence-electron chi connectivity index (χ3n) is 2.20. The van der Waals surface area contributed by atoms with E-state index in [1.54, 1.807) is 6.07 Å². The van der Waals surface area contributed by atoms with Gasteiger partial charge >= 0.3 is 5.97 Å². The van der Waals surface area contributed by atoms with Gasteiger partial charge in [0.2, 0.25) is 0 Å². The van der Waals surface area contributed by atoms with E-state index >= 15 is 0 Å². The molecule has 1 rings (SSSR count). The number of halogens is 3. The van der Waals surface area contributed by atoms with Crippen LogP contribution in [-0.2, 0) is 21.3 Å². The maximum atomic E-state index is 12.8. The second-order valence-electron chi connectivity index (χ2n) is 3.33. The van der Waals surface area contributed by atoms with E-state index in [2.05, 4.69) is 25.7 Å². The number of hydrogen-bond acceptors (Lipinski definition) is 4. The lowest BCUT2D eigenvalue weighted by Crippen LogP contribution is -2.10. The number of rotatable bonds is 4. The van der Waals surface area contributed by atoms with Crippen molar-refractivity contribution in [1.82, 2.24) is 4.98 Å². The van der Waals surface area contributed by atoms with Gasteiger partial charge in [0.25, 0.3) is 6.43 Å². The Bertz CT molecular complexity index is 501. The molecule has 18 heavy (non-hydrogen) atoms. The molecule has 0 N–H and O–H groups in total. The molecule has 0 atom stereocenters. The fraction of sp³-hybridized carbons (Fsp3) is 0.364. The minimum Gasteiger partial charge on any atom is -0.469 e. The SMILES string of the molecule is COC(=O)Cc1cc(CBr)c(C#N)c(C(F)F)n1. The summed E-state index contributed by atoms with van der Waals surface area (Å²) in [7, 11) is 1.20. The molecule has 0 saturated heterocycles. The number of ether oxygens (including phenoxy) is 1. The molecule has 0 saturated carbocycles. The largest absolute Gasteiger partial charge is 0.469 e. The van der Waals surface area contributed by atoms with E-state index < -0.39 is 18.1 Å². The second kappa shape index (κ2) is 6.40. The molecule has 1 aromatic rings. The Morgan fingerprint density at radius 2 is 2.33 bits per heavy atom. The fourth-order valence-electron chi connectivity index (χ4n) is 1.38. The van der Waals surface area contributed by atoms with Gasteiger partial charge in [-0.25, -0.2) is 13.8 Å². The zero-order valence-corrected chi connectivity index (χ0v) is 11.0. The van der Waals surface area contributed by atoms with Gasteiger partial charge in [-0.1, -0.05) is 15.9 Å². The van der Waals surface area contributed by atoms with Gasteiger partial charge < -0.3 is 4.74 Å². The summed E-state index contributed by atoms with van der Waals surface area (Å²) >= 11 is 3.11. The third-order valence-corrected chi connectivity index (χ3v) is 2.80. The van der Waals surface area contributed by atoms with Gasteiger partial charge in [-0.15, -0.1) is 0 Å². The molecule has 1 heterocycles. The van der Waals surface area contributed by atoms with Gasteiger partial charge in [0, 0.05) is 5.33 Å². The van der Waals surface area contributed by atoms with Crippen LogP contribution in [-0.4, -0.2) is 18.1 Å². The van der Waals surface area contributed by atoms with Crippen molar-refractivity contribution in [3.8, 4) is 6.07 Å². The highest BCUT2D eigenvalue weighted by molar-refractivity contribution is 9.08. The first-order valence-electron chi connectivity index (χ1n) is 4.87. The molecule has 0 spiro atoms. The van der Waals surface area contributed by atoms with Crippen molar-refractivity contribution in [3.05, 3.63) is 28.6 Å². The fourth-order valence-corrected chi connectivity index (χ4v) is 1.83. The Morgan fingerprint density at radius 3 is 2.78 bits per heavy atom. The van der Waals surface area contributed by atoms with Gasteiger partial charge in [-0.05, 0) is 11.6 Å². The van der Waals surface area contributed by atoms with Gasteiger partial charge in [-0.3, -0.25) is 4.79 Å². The van der Waals surface area contributed by atoms with Crippen molar-refractivity contribution in [2.45, 2.75) is 18.2 Å². The zero-order valence-electron chi connectivity index (χ0n) is 9.41. The van der Waals surface area contributed by atoms with Crippen molar-refractivity contribution in [2.75, 3.05) is 7.11 Å². The highest BCUT2D eigenvalue weighted by atomic mass is 79.9. The molecule has 0 unspecified atom stereocenters. The summed E-state index contributed by atoms with van der Waals surface area (Å²) < 4.78 is 30.0. The molecule has 0 aliphatic rings. The lowest BCUT2D eigenvalue weighted by Gasteiger charge is -2.09. The molecule has 0 amide bonds. The molecule has 0 aliphatic carbocycles. The van der Waals surface area contributed by atoms with E-state index in [1.807, 2.05) is 0 Å². The van der Waals surface area contributed by atoms with Gasteiger partial charge in [0.1, 0.15) is 11.8 Å². The van der Waals surface area contributed by atoms with Crippen LogP contribution in [0.4, 0.5) is 8.78 Å². The first kappa shape index (κ1) is 14.5. The van der Waals surface area contributed by atoms with Crippen LogP contribution in [0, 0.1) is 11.3 Å². The van der Waals surface area contributed by atoms with Crippen LogP contribution in [0.5, 0.6) is 0 Å². The number of alkyl halides is 3. The molecule has 0 bridgehead atoms. The Morgan fingerprint density at radius 1 is 1.67 bits per heavy atom. The van der Waals surface area contributed by atoms with E-state index in [0.717, 1.165) is 0 Å². The molecular weight excluding hydrogens is 310 g/mol. The molecule has 4 nitrogen and oxygen atoms in total. The number of pyridine rings is 1. The third kappa shape index (κ3) is 3.23. The molecule has 96 valence electrons. The topological polar surface area (TPSA) is 63.0 Å². The molecule has 0 fully saturated rings. The summed E-state index contributed by atoms with van der Waals surface area (Å²) in [5.74, 6) is -0.576. The smallest absolute Gasteiger partial charge is 0.311 e. The minimum absolute atomic E-state index is 0.157. The number of carbonyl (C=O) groups is 1. The Kier molecular flexibility index (Phi) is 5.16. The zero-order chi connectivity index (χ0) is 13.7. The van der Waals surface area contributed by atoms with E-state index in [9.17, 15) is 13.6 Å². The van der Waals surface area contributed by atoms with Gasteiger partial charge in [0.05, 0.1) is 24.8 Å². The summed E-state index contributed by atoms with van der Waals surface area (Å²) in [5, 5.41) is 9.09. The second-order valence-corrected chi connectivity index (χ2v) is 3.89. The number of hydrogen-bond donors (Lipinski definition) is 0. The van der Waals surface area contributed by atoms with E-state index in [0.29, 0.717) is 5.56 Å². The van der Waals surface area contributed by atoms with E-state index in [4.69, 9.17) is 5.26 Å². The average Bonchev–Trinajstić information content (AvgIpc) is 2.37. The summed E-state index contributed by atoms with van der Waals surface area (Å²) in [5.41, 5.74) is -0.226. The Hall–Kier alpha value is -1.55. The standard InChI is InChI=1S/C11H9BrF2N2O2/c1-18-9(17)3-7-2-6(4-12)8(5-15)10(16-7)11(13)14/h2,11H,3-4H2,1H3. The summed E-state index contributed by atoms with van der Waals surface area (Å²) in [4.78, 5) is 14.7. The van der Waals surface area contributed by atoms with E-state index in [-0.39, 0.29) is 23.0 Å². The van der Waals surface area contributed by atoms with Crippen molar-refractivity contribution >= 4 is 21.9 Å². The predicted molar refractivity (Wildman–Crippen MR) is 62.3 cm³/mol. The molecule has 7 heteroatoms. The van der Waals surface area contributed by atoms with Crippen LogP contribution in [0.25, 0.3) is 0 Å². The first-order valence-corrected chi connectivity index (χ1v) is 5.99. The van der Waals surface area contributed by atoms with Crippen LogP contribution in [0.3, 0.4) is 0 Å². The normalized spacial score (nSPS) is 10.2. The van der Waals surface area contributed by atoms with Crippen molar-refractivity contribution in [1.29, 1.82) is 5.26 Å². The first-order chi connectivity index (χ1) is 8.53. The van der Waals surface area contributed by atoms with Crippen molar-refractivity contribution in [2.24, 2.45) is 0 Å². The maximum Gasteiger partial charge on any atom is 0.311 e. The minimum atomic E-state index is -2.87. The van der Waals surface area contributed by atoms with Crippen LogP contribution < -0.4 is 0 Å². The van der Waals surface area contributed by atoms with Crippen LogP contribution in [0.1, 0.15) is 28.9 Å². The highest BCUT2D eigenvalue weighted by Crippen LogP contribution is 2.25. The number of carbonyl (C=O) groups excluding carboxylic acids is 1. The number of nitrogens with zero attached hydrogens (tertiary/aromatic N) is 2. The number of aromatic nitrogens is 1. The van der Waals surface area contributed by atoms with Gasteiger partial charge in [-0.2, -0.15) is 5.26 Å². The number of methoxy groups -OCH3 is 1. The quantitative estimate of drug-likeness (QED) is 0.632. The van der Waals surface area contributed by atoms with Crippen molar-refractivity contribution in [3.63, 3.8) is 0 Å². The number of esters is 1. The summed E-state index contributed by atoms with van der Waals surface area (Å²) in [6.45, 7) is 0. The Labute approximate surface area is 111 Å². The van der Waals surface area contributed by atoms with Crippen molar-refractivity contribution < 1.29 is 18.3 Å². The van der Waals surface area contributed by atoms with E-state index in [1.165, 1.54) is 13.2 Å². The lowest BCUT2D eigenvalue weighted by molar-refractivity contribution is -0.139. The maximum absolute atomic E-state index is 12.8. The van der Waals surface area contributed by atoms with Crippen LogP contribution in [0.15, 0.2) is 6.07 Å². The lowest BCUT2D eigenvalue weighted by atomic mass is 10.1. The van der Waals surface area contributed by atoms with Crippen LogP contribution in [0.2, 0.25) is 0 Å².